The molecule has 0 aromatic heterocycles. The number of aryl methyl sites for hydroxylation is 1. The van der Waals surface area contributed by atoms with Gasteiger partial charge in [0.1, 0.15) is 0 Å². The van der Waals surface area contributed by atoms with Gasteiger partial charge in [-0.15, -0.1) is 0 Å². The molecule has 1 saturated carbocycles. The zero-order valence-corrected chi connectivity index (χ0v) is 17.9. The molecule has 2 atom stereocenters. The topological polar surface area (TPSA) is 64.6 Å². The molecule has 0 saturated heterocycles. The van der Waals surface area contributed by atoms with E-state index < -0.39 is 10.0 Å². The van der Waals surface area contributed by atoms with Crippen molar-refractivity contribution in [3.8, 4) is 11.5 Å². The van der Waals surface area contributed by atoms with Crippen molar-refractivity contribution in [1.82, 2.24) is 4.72 Å². The van der Waals surface area contributed by atoms with Gasteiger partial charge in [0.15, 0.2) is 11.5 Å². The summed E-state index contributed by atoms with van der Waals surface area (Å²) in [4.78, 5) is 0.324. The van der Waals surface area contributed by atoms with Crippen LogP contribution >= 0.6 is 0 Å². The van der Waals surface area contributed by atoms with Gasteiger partial charge in [-0.1, -0.05) is 29.3 Å². The zero-order chi connectivity index (χ0) is 20.6. The van der Waals surface area contributed by atoms with Crippen LogP contribution in [0.1, 0.15) is 37.8 Å². The average molecular weight is 414 g/mol. The van der Waals surface area contributed by atoms with Crippen LogP contribution in [0.15, 0.2) is 52.9 Å². The van der Waals surface area contributed by atoms with Crippen molar-refractivity contribution in [3.05, 3.63) is 59.2 Å². The Hall–Kier alpha value is -2.31. The normalized spacial score (nSPS) is 21.1. The van der Waals surface area contributed by atoms with Gasteiger partial charge >= 0.3 is 0 Å². The first-order valence-electron chi connectivity index (χ1n) is 9.99. The fourth-order valence-corrected chi connectivity index (χ4v) is 4.96. The summed E-state index contributed by atoms with van der Waals surface area (Å²) in [7, 11) is -3.44. The van der Waals surface area contributed by atoms with E-state index in [9.17, 15) is 8.42 Å². The number of fused-ring (bicyclic) bond motifs is 1. The predicted octanol–water partition coefficient (Wildman–Crippen LogP) is 4.52. The van der Waals surface area contributed by atoms with Gasteiger partial charge in [-0.3, -0.25) is 0 Å². The highest BCUT2D eigenvalue weighted by Gasteiger charge is 2.38. The van der Waals surface area contributed by atoms with Crippen LogP contribution in [-0.4, -0.2) is 21.8 Å². The van der Waals surface area contributed by atoms with Crippen LogP contribution in [0, 0.1) is 18.8 Å². The Balaban J connectivity index is 1.33. The highest BCUT2D eigenvalue weighted by molar-refractivity contribution is 7.89. The summed E-state index contributed by atoms with van der Waals surface area (Å²) in [6, 6.07) is 13.0. The van der Waals surface area contributed by atoms with Gasteiger partial charge in [-0.05, 0) is 80.9 Å². The van der Waals surface area contributed by atoms with E-state index in [4.69, 9.17) is 9.47 Å². The number of nitrogens with one attached hydrogen (secondary N) is 1. The highest BCUT2D eigenvalue weighted by atomic mass is 32.2. The second kappa shape index (κ2) is 7.84. The second-order valence-electron chi connectivity index (χ2n) is 7.98. The van der Waals surface area contributed by atoms with E-state index in [1.165, 1.54) is 11.1 Å². The lowest BCUT2D eigenvalue weighted by atomic mass is 9.98. The molecule has 1 heterocycles. The third-order valence-corrected chi connectivity index (χ3v) is 7.49. The van der Waals surface area contributed by atoms with Crippen molar-refractivity contribution in [1.29, 1.82) is 0 Å². The summed E-state index contributed by atoms with van der Waals surface area (Å²) < 4.78 is 38.4. The smallest absolute Gasteiger partial charge is 0.240 e. The van der Waals surface area contributed by atoms with E-state index >= 15 is 0 Å². The maximum absolute atomic E-state index is 12.4. The van der Waals surface area contributed by atoms with Crippen LogP contribution < -0.4 is 14.2 Å². The fourth-order valence-electron chi connectivity index (χ4n) is 3.91. The largest absolute Gasteiger partial charge is 0.454 e. The number of hydrogen-bond donors (Lipinski definition) is 1. The molecule has 0 bridgehead atoms. The van der Waals surface area contributed by atoms with Crippen molar-refractivity contribution < 1.29 is 17.9 Å². The standard InChI is InChI=1S/C23H27NO4S/c1-15-4-7-20(8-5-15)29(25,26)24-11-10-19-12-21(19)17(3)16(2)18-6-9-22-23(13-18)28-14-27-22/h4-9,13,19,21,24H,10-12,14H2,1-3H3/b17-16+. The van der Waals surface area contributed by atoms with Crippen molar-refractivity contribution in [3.63, 3.8) is 0 Å². The van der Waals surface area contributed by atoms with E-state index in [-0.39, 0.29) is 6.79 Å². The summed E-state index contributed by atoms with van der Waals surface area (Å²) in [6.07, 6.45) is 1.96. The van der Waals surface area contributed by atoms with E-state index in [0.29, 0.717) is 23.3 Å². The molecule has 6 heteroatoms. The summed E-state index contributed by atoms with van der Waals surface area (Å²) in [5.74, 6) is 2.64. The van der Waals surface area contributed by atoms with E-state index in [1.807, 2.05) is 31.2 Å². The van der Waals surface area contributed by atoms with Crippen LogP contribution in [-0.2, 0) is 10.0 Å². The first kappa shape index (κ1) is 20.0. The third kappa shape index (κ3) is 4.33. The molecular weight excluding hydrogens is 386 g/mol. The quantitative estimate of drug-likeness (QED) is 0.725. The van der Waals surface area contributed by atoms with Crippen LogP contribution in [0.5, 0.6) is 11.5 Å². The van der Waals surface area contributed by atoms with Crippen LogP contribution in [0.2, 0.25) is 0 Å². The summed E-state index contributed by atoms with van der Waals surface area (Å²) in [5, 5.41) is 0. The summed E-state index contributed by atoms with van der Waals surface area (Å²) >= 11 is 0. The van der Waals surface area contributed by atoms with E-state index in [0.717, 1.165) is 35.5 Å². The molecule has 5 nitrogen and oxygen atoms in total. The Morgan fingerprint density at radius 2 is 1.79 bits per heavy atom. The van der Waals surface area contributed by atoms with Gasteiger partial charge in [-0.2, -0.15) is 0 Å². The fraction of sp³-hybridized carbons (Fsp3) is 0.391. The van der Waals surface area contributed by atoms with Gasteiger partial charge in [0.05, 0.1) is 4.90 Å². The monoisotopic (exact) mass is 413 g/mol. The number of rotatable bonds is 7. The maximum Gasteiger partial charge on any atom is 0.240 e. The van der Waals surface area contributed by atoms with Crippen molar-refractivity contribution in [2.45, 2.75) is 38.5 Å². The average Bonchev–Trinajstić information content (AvgIpc) is 3.31. The Kier molecular flexibility index (Phi) is 5.40. The molecule has 1 N–H and O–H groups in total. The van der Waals surface area contributed by atoms with Gasteiger partial charge in [0, 0.05) is 6.54 Å². The van der Waals surface area contributed by atoms with Crippen molar-refractivity contribution >= 4 is 15.6 Å². The summed E-state index contributed by atoms with van der Waals surface area (Å²) in [6.45, 7) is 7.01. The van der Waals surface area contributed by atoms with E-state index in [1.54, 1.807) is 12.1 Å². The SMILES string of the molecule is C/C(=C(/C)C1CC1CCNS(=O)(=O)c1ccc(C)cc1)c1ccc2c(c1)OCO2. The Morgan fingerprint density at radius 3 is 2.55 bits per heavy atom. The van der Waals surface area contributed by atoms with Gasteiger partial charge in [0.2, 0.25) is 16.8 Å². The maximum atomic E-state index is 12.4. The minimum absolute atomic E-state index is 0.281. The van der Waals surface area contributed by atoms with Crippen LogP contribution in [0.25, 0.3) is 5.57 Å². The van der Waals surface area contributed by atoms with Gasteiger partial charge in [0.25, 0.3) is 0 Å². The van der Waals surface area contributed by atoms with E-state index in [2.05, 4.69) is 24.6 Å². The Labute approximate surface area is 172 Å². The Morgan fingerprint density at radius 1 is 1.07 bits per heavy atom. The Bertz CT molecular complexity index is 1040. The lowest BCUT2D eigenvalue weighted by Crippen LogP contribution is -2.25. The number of ether oxygens (including phenoxy) is 2. The highest BCUT2D eigenvalue weighted by Crippen LogP contribution is 2.48. The second-order valence-corrected chi connectivity index (χ2v) is 9.74. The number of hydrogen-bond acceptors (Lipinski definition) is 4. The number of sulfonamides is 1. The molecule has 0 spiro atoms. The molecule has 1 fully saturated rings. The van der Waals surface area contributed by atoms with Crippen LogP contribution in [0.3, 0.4) is 0 Å². The minimum Gasteiger partial charge on any atom is -0.454 e. The lowest BCUT2D eigenvalue weighted by Gasteiger charge is -2.10. The minimum atomic E-state index is -3.44. The molecule has 1 aliphatic heterocycles. The molecule has 154 valence electrons. The molecule has 1 aliphatic carbocycles. The molecule has 2 unspecified atom stereocenters. The van der Waals surface area contributed by atoms with Crippen molar-refractivity contribution in [2.24, 2.45) is 11.8 Å². The molecule has 2 aromatic carbocycles. The molecule has 4 rings (SSSR count). The number of allylic oxidation sites excluding steroid dienone is 2. The third-order valence-electron chi connectivity index (χ3n) is 6.01. The zero-order valence-electron chi connectivity index (χ0n) is 17.1. The van der Waals surface area contributed by atoms with Gasteiger partial charge < -0.3 is 9.47 Å². The lowest BCUT2D eigenvalue weighted by molar-refractivity contribution is 0.174. The summed E-state index contributed by atoms with van der Waals surface area (Å²) in [5.41, 5.74) is 4.83. The first-order valence-corrected chi connectivity index (χ1v) is 11.5. The molecule has 29 heavy (non-hydrogen) atoms. The molecular formula is C23H27NO4S. The predicted molar refractivity (Wildman–Crippen MR) is 113 cm³/mol. The first-order chi connectivity index (χ1) is 13.8. The molecule has 2 aromatic rings. The molecule has 0 amide bonds. The van der Waals surface area contributed by atoms with Crippen molar-refractivity contribution in [2.75, 3.05) is 13.3 Å². The van der Waals surface area contributed by atoms with Gasteiger partial charge in [-0.25, -0.2) is 13.1 Å². The molecule has 2 aliphatic rings. The van der Waals surface area contributed by atoms with Crippen LogP contribution in [0.4, 0.5) is 0 Å². The number of benzene rings is 2. The molecule has 0 radical (unpaired) electrons.